The lowest BCUT2D eigenvalue weighted by Gasteiger charge is -2.10. The van der Waals surface area contributed by atoms with Crippen molar-refractivity contribution in [3.8, 4) is 11.6 Å². The number of rotatable bonds is 6. The van der Waals surface area contributed by atoms with E-state index in [1.807, 2.05) is 31.5 Å². The molecule has 2 heterocycles. The van der Waals surface area contributed by atoms with E-state index in [4.69, 9.17) is 4.42 Å². The predicted molar refractivity (Wildman–Crippen MR) is 77.3 cm³/mol. The molecule has 0 aliphatic rings. The number of thioether (sulfide) groups is 1. The van der Waals surface area contributed by atoms with Gasteiger partial charge in [-0.2, -0.15) is 0 Å². The summed E-state index contributed by atoms with van der Waals surface area (Å²) >= 11 is 1.36. The monoisotopic (exact) mass is 294 g/mol. The number of nitrogens with one attached hydrogen (secondary N) is 1. The minimum absolute atomic E-state index is 0.00639. The first-order valence-corrected chi connectivity index (χ1v) is 7.45. The van der Waals surface area contributed by atoms with Crippen molar-refractivity contribution >= 4 is 17.7 Å². The predicted octanol–water partition coefficient (Wildman–Crippen LogP) is 2.08. The van der Waals surface area contributed by atoms with Crippen LogP contribution in [0.25, 0.3) is 11.6 Å². The average Bonchev–Trinajstić information content (AvgIpc) is 3.06. The first-order chi connectivity index (χ1) is 9.61. The summed E-state index contributed by atoms with van der Waals surface area (Å²) < 4.78 is 7.11. The second kappa shape index (κ2) is 6.60. The third kappa shape index (κ3) is 3.41. The molecule has 0 aliphatic heterocycles. The standard InChI is InChI=1S/C13H18N4O2S/c1-4-9(2)14-11(18)8-20-13-16-15-12(17(13)3)10-6-5-7-19-10/h5-7,9H,4,8H2,1-3H3,(H,14,18). The van der Waals surface area contributed by atoms with Gasteiger partial charge in [0.15, 0.2) is 16.7 Å². The number of carbonyl (C=O) groups is 1. The largest absolute Gasteiger partial charge is 0.461 e. The van der Waals surface area contributed by atoms with Gasteiger partial charge in [0.1, 0.15) is 0 Å². The Morgan fingerprint density at radius 3 is 3.00 bits per heavy atom. The Morgan fingerprint density at radius 2 is 2.35 bits per heavy atom. The maximum Gasteiger partial charge on any atom is 0.230 e. The van der Waals surface area contributed by atoms with Crippen molar-refractivity contribution in [1.82, 2.24) is 20.1 Å². The van der Waals surface area contributed by atoms with Crippen LogP contribution in [0, 0.1) is 0 Å². The van der Waals surface area contributed by atoms with E-state index in [-0.39, 0.29) is 11.9 Å². The summed E-state index contributed by atoms with van der Waals surface area (Å²) in [6.07, 6.45) is 2.51. The number of hydrogen-bond acceptors (Lipinski definition) is 5. The van der Waals surface area contributed by atoms with Gasteiger partial charge in [-0.25, -0.2) is 0 Å². The molecule has 7 heteroatoms. The molecule has 0 radical (unpaired) electrons. The van der Waals surface area contributed by atoms with E-state index in [0.29, 0.717) is 22.5 Å². The molecule has 20 heavy (non-hydrogen) atoms. The number of hydrogen-bond donors (Lipinski definition) is 1. The Balaban J connectivity index is 1.96. The van der Waals surface area contributed by atoms with Crippen LogP contribution in [0.4, 0.5) is 0 Å². The van der Waals surface area contributed by atoms with Crippen molar-refractivity contribution in [2.75, 3.05) is 5.75 Å². The van der Waals surface area contributed by atoms with E-state index in [2.05, 4.69) is 15.5 Å². The zero-order valence-corrected chi connectivity index (χ0v) is 12.6. The van der Waals surface area contributed by atoms with Crippen LogP contribution in [0.5, 0.6) is 0 Å². The van der Waals surface area contributed by atoms with Crippen molar-refractivity contribution in [3.05, 3.63) is 18.4 Å². The highest BCUT2D eigenvalue weighted by Gasteiger charge is 2.14. The fourth-order valence-electron chi connectivity index (χ4n) is 1.61. The number of carbonyl (C=O) groups excluding carboxylic acids is 1. The normalized spacial score (nSPS) is 12.3. The Bertz CT molecular complexity index is 565. The van der Waals surface area contributed by atoms with Crippen LogP contribution in [0.2, 0.25) is 0 Å². The summed E-state index contributed by atoms with van der Waals surface area (Å²) in [5.74, 6) is 1.65. The van der Waals surface area contributed by atoms with Gasteiger partial charge in [0.05, 0.1) is 12.0 Å². The molecular weight excluding hydrogens is 276 g/mol. The van der Waals surface area contributed by atoms with Crippen molar-refractivity contribution < 1.29 is 9.21 Å². The van der Waals surface area contributed by atoms with Crippen LogP contribution in [0.1, 0.15) is 20.3 Å². The zero-order chi connectivity index (χ0) is 14.5. The Kier molecular flexibility index (Phi) is 4.84. The maximum atomic E-state index is 11.7. The maximum absolute atomic E-state index is 11.7. The van der Waals surface area contributed by atoms with Crippen LogP contribution < -0.4 is 5.32 Å². The molecule has 2 aromatic rings. The fraction of sp³-hybridized carbons (Fsp3) is 0.462. The van der Waals surface area contributed by atoms with Crippen molar-refractivity contribution in [1.29, 1.82) is 0 Å². The first-order valence-electron chi connectivity index (χ1n) is 6.47. The highest BCUT2D eigenvalue weighted by molar-refractivity contribution is 7.99. The van der Waals surface area contributed by atoms with Crippen molar-refractivity contribution in [3.63, 3.8) is 0 Å². The Hall–Kier alpha value is -1.76. The molecule has 1 amide bonds. The van der Waals surface area contributed by atoms with Gasteiger partial charge in [-0.1, -0.05) is 18.7 Å². The van der Waals surface area contributed by atoms with Crippen LogP contribution in [0.15, 0.2) is 28.0 Å². The molecule has 2 rings (SSSR count). The van der Waals surface area contributed by atoms with Gasteiger partial charge in [-0.3, -0.25) is 4.79 Å². The summed E-state index contributed by atoms with van der Waals surface area (Å²) in [6, 6.07) is 3.83. The fourth-order valence-corrected chi connectivity index (χ4v) is 2.33. The average molecular weight is 294 g/mol. The van der Waals surface area contributed by atoms with Crippen molar-refractivity contribution in [2.45, 2.75) is 31.5 Å². The summed E-state index contributed by atoms with van der Waals surface area (Å²) in [5, 5.41) is 11.8. The van der Waals surface area contributed by atoms with Gasteiger partial charge in [-0.15, -0.1) is 10.2 Å². The highest BCUT2D eigenvalue weighted by Crippen LogP contribution is 2.22. The number of nitrogens with zero attached hydrogens (tertiary/aromatic N) is 3. The molecule has 1 unspecified atom stereocenters. The highest BCUT2D eigenvalue weighted by atomic mass is 32.2. The number of aromatic nitrogens is 3. The van der Waals surface area contributed by atoms with E-state index >= 15 is 0 Å². The second-order valence-electron chi connectivity index (χ2n) is 4.51. The van der Waals surface area contributed by atoms with Gasteiger partial charge in [0, 0.05) is 13.1 Å². The summed E-state index contributed by atoms with van der Waals surface area (Å²) in [4.78, 5) is 11.7. The summed E-state index contributed by atoms with van der Waals surface area (Å²) in [6.45, 7) is 4.02. The van der Waals surface area contributed by atoms with Gasteiger partial charge < -0.3 is 14.3 Å². The molecule has 0 spiro atoms. The lowest BCUT2D eigenvalue weighted by Crippen LogP contribution is -2.33. The van der Waals surface area contributed by atoms with Gasteiger partial charge >= 0.3 is 0 Å². The second-order valence-corrected chi connectivity index (χ2v) is 5.45. The van der Waals surface area contributed by atoms with Crippen molar-refractivity contribution in [2.24, 2.45) is 7.05 Å². The van der Waals surface area contributed by atoms with Crippen LogP contribution in [0.3, 0.4) is 0 Å². The third-order valence-electron chi connectivity index (χ3n) is 2.93. The van der Waals surface area contributed by atoms with Crippen LogP contribution in [-0.2, 0) is 11.8 Å². The topological polar surface area (TPSA) is 73.0 Å². The van der Waals surface area contributed by atoms with E-state index in [1.165, 1.54) is 11.8 Å². The smallest absolute Gasteiger partial charge is 0.230 e. The molecular formula is C13H18N4O2S. The Labute approximate surface area is 121 Å². The van der Waals surface area contributed by atoms with E-state index in [1.54, 1.807) is 12.3 Å². The lowest BCUT2D eigenvalue weighted by molar-refractivity contribution is -0.119. The minimum atomic E-state index is 0.00639. The molecule has 2 aromatic heterocycles. The zero-order valence-electron chi connectivity index (χ0n) is 11.8. The minimum Gasteiger partial charge on any atom is -0.461 e. The Morgan fingerprint density at radius 1 is 1.55 bits per heavy atom. The van der Waals surface area contributed by atoms with E-state index < -0.39 is 0 Å². The van der Waals surface area contributed by atoms with Gasteiger partial charge in [0.25, 0.3) is 0 Å². The molecule has 1 N–H and O–H groups in total. The molecule has 0 saturated heterocycles. The number of furan rings is 1. The lowest BCUT2D eigenvalue weighted by atomic mass is 10.3. The summed E-state index contributed by atoms with van der Waals surface area (Å²) in [7, 11) is 1.85. The molecule has 0 bridgehead atoms. The summed E-state index contributed by atoms with van der Waals surface area (Å²) in [5.41, 5.74) is 0. The third-order valence-corrected chi connectivity index (χ3v) is 3.95. The molecule has 0 fully saturated rings. The van der Waals surface area contributed by atoms with Crippen LogP contribution in [-0.4, -0.2) is 32.5 Å². The SMILES string of the molecule is CCC(C)NC(=O)CSc1nnc(-c2ccco2)n1C. The molecule has 0 aliphatic carbocycles. The first kappa shape index (κ1) is 14.6. The van der Waals surface area contributed by atoms with Gasteiger partial charge in [-0.05, 0) is 25.5 Å². The van der Waals surface area contributed by atoms with E-state index in [9.17, 15) is 4.79 Å². The molecule has 0 saturated carbocycles. The molecule has 108 valence electrons. The van der Waals surface area contributed by atoms with Crippen LogP contribution >= 0.6 is 11.8 Å². The molecule has 6 nitrogen and oxygen atoms in total. The quantitative estimate of drug-likeness (QED) is 0.826. The molecule has 1 atom stereocenters. The molecule has 0 aromatic carbocycles. The van der Waals surface area contributed by atoms with E-state index in [0.717, 1.165) is 6.42 Å². The van der Waals surface area contributed by atoms with Gasteiger partial charge in [0.2, 0.25) is 5.91 Å². The number of amides is 1.